The van der Waals surface area contributed by atoms with E-state index in [1.807, 2.05) is 0 Å². The van der Waals surface area contributed by atoms with Crippen molar-refractivity contribution in [3.05, 3.63) is 29.8 Å². The molecule has 1 aromatic carbocycles. The van der Waals surface area contributed by atoms with E-state index in [1.54, 1.807) is 0 Å². The van der Waals surface area contributed by atoms with Crippen LogP contribution < -0.4 is 10.5 Å². The SMILES string of the molecule is CC(N)C(Oc1cc(F)cc(F)c1)C(F)(F)F. The molecular weight excluding hydrogens is 245 g/mol. The second-order valence-electron chi connectivity index (χ2n) is 3.54. The van der Waals surface area contributed by atoms with Crippen molar-refractivity contribution in [1.29, 1.82) is 0 Å². The van der Waals surface area contributed by atoms with E-state index in [0.29, 0.717) is 18.2 Å². The van der Waals surface area contributed by atoms with Crippen molar-refractivity contribution in [2.24, 2.45) is 5.73 Å². The van der Waals surface area contributed by atoms with Gasteiger partial charge in [0.2, 0.25) is 6.10 Å². The Kier molecular flexibility index (Phi) is 3.92. The monoisotopic (exact) mass is 255 g/mol. The van der Waals surface area contributed by atoms with Crippen LogP contribution in [0.15, 0.2) is 18.2 Å². The van der Waals surface area contributed by atoms with Crippen LogP contribution in [0.5, 0.6) is 5.75 Å². The lowest BCUT2D eigenvalue weighted by molar-refractivity contribution is -0.199. The van der Waals surface area contributed by atoms with E-state index >= 15 is 0 Å². The number of hydrogen-bond donors (Lipinski definition) is 1. The minimum atomic E-state index is -4.71. The maximum atomic E-state index is 12.7. The normalized spacial score (nSPS) is 15.5. The third-order valence-corrected chi connectivity index (χ3v) is 1.90. The third kappa shape index (κ3) is 3.85. The number of ether oxygens (including phenoxy) is 1. The molecule has 2 unspecified atom stereocenters. The quantitative estimate of drug-likeness (QED) is 0.842. The highest BCUT2D eigenvalue weighted by Gasteiger charge is 2.44. The van der Waals surface area contributed by atoms with E-state index in [-0.39, 0.29) is 0 Å². The van der Waals surface area contributed by atoms with E-state index < -0.39 is 35.7 Å². The van der Waals surface area contributed by atoms with Gasteiger partial charge in [-0.25, -0.2) is 8.78 Å². The molecule has 1 aromatic rings. The number of halogens is 5. The van der Waals surface area contributed by atoms with Gasteiger partial charge < -0.3 is 10.5 Å². The summed E-state index contributed by atoms with van der Waals surface area (Å²) in [5, 5.41) is 0. The fourth-order valence-corrected chi connectivity index (χ4v) is 1.22. The van der Waals surface area contributed by atoms with Crippen molar-refractivity contribution in [3.8, 4) is 5.75 Å². The van der Waals surface area contributed by atoms with E-state index in [0.717, 1.165) is 6.92 Å². The molecule has 0 radical (unpaired) electrons. The topological polar surface area (TPSA) is 35.2 Å². The zero-order valence-electron chi connectivity index (χ0n) is 8.76. The molecule has 0 bridgehead atoms. The standard InChI is InChI=1S/C10H10F5NO/c1-5(16)9(10(13,14)15)17-8-3-6(11)2-7(12)4-8/h2-5,9H,16H2,1H3. The van der Waals surface area contributed by atoms with E-state index in [9.17, 15) is 22.0 Å². The molecule has 0 fully saturated rings. The molecule has 0 spiro atoms. The Labute approximate surface area is 94.2 Å². The van der Waals surface area contributed by atoms with Gasteiger partial charge in [0.15, 0.2) is 0 Å². The first kappa shape index (κ1) is 13.7. The molecule has 2 nitrogen and oxygen atoms in total. The predicted octanol–water partition coefficient (Wildman–Crippen LogP) is 2.62. The van der Waals surface area contributed by atoms with Gasteiger partial charge in [-0.2, -0.15) is 13.2 Å². The summed E-state index contributed by atoms with van der Waals surface area (Å²) < 4.78 is 67.4. The molecule has 0 aliphatic heterocycles. The highest BCUT2D eigenvalue weighted by Crippen LogP contribution is 2.27. The van der Waals surface area contributed by atoms with Crippen molar-refractivity contribution >= 4 is 0 Å². The van der Waals surface area contributed by atoms with E-state index in [1.165, 1.54) is 0 Å². The van der Waals surface area contributed by atoms with Gasteiger partial charge >= 0.3 is 6.18 Å². The molecule has 0 amide bonds. The molecule has 0 aliphatic rings. The number of nitrogens with two attached hydrogens (primary N) is 1. The molecular formula is C10H10F5NO. The van der Waals surface area contributed by atoms with Crippen molar-refractivity contribution < 1.29 is 26.7 Å². The summed E-state index contributed by atoms with van der Waals surface area (Å²) in [7, 11) is 0. The lowest BCUT2D eigenvalue weighted by atomic mass is 10.2. The molecule has 0 aliphatic carbocycles. The molecule has 2 N–H and O–H groups in total. The van der Waals surface area contributed by atoms with Gasteiger partial charge in [-0.05, 0) is 6.92 Å². The van der Waals surface area contributed by atoms with Crippen LogP contribution in [0, 0.1) is 11.6 Å². The zero-order valence-corrected chi connectivity index (χ0v) is 8.76. The fraction of sp³-hybridized carbons (Fsp3) is 0.400. The van der Waals surface area contributed by atoms with Crippen LogP contribution in [-0.4, -0.2) is 18.3 Å². The summed E-state index contributed by atoms with van der Waals surface area (Å²) in [6.45, 7) is 1.09. The van der Waals surface area contributed by atoms with Crippen molar-refractivity contribution in [2.45, 2.75) is 25.2 Å². The Balaban J connectivity index is 2.94. The Morgan fingerprint density at radius 3 is 1.94 bits per heavy atom. The molecule has 17 heavy (non-hydrogen) atoms. The number of benzene rings is 1. The van der Waals surface area contributed by atoms with Gasteiger partial charge in [-0.1, -0.05) is 0 Å². The molecule has 0 aromatic heterocycles. The first-order chi connectivity index (χ1) is 7.70. The number of rotatable bonds is 3. The van der Waals surface area contributed by atoms with Gasteiger partial charge in [0.05, 0.1) is 0 Å². The molecule has 0 heterocycles. The Morgan fingerprint density at radius 1 is 1.12 bits per heavy atom. The number of hydrogen-bond acceptors (Lipinski definition) is 2. The van der Waals surface area contributed by atoms with Gasteiger partial charge in [0.25, 0.3) is 0 Å². The summed E-state index contributed by atoms with van der Waals surface area (Å²) in [4.78, 5) is 0. The lowest BCUT2D eigenvalue weighted by Gasteiger charge is -2.24. The minimum Gasteiger partial charge on any atom is -0.479 e. The molecule has 1 rings (SSSR count). The van der Waals surface area contributed by atoms with Crippen molar-refractivity contribution in [2.75, 3.05) is 0 Å². The van der Waals surface area contributed by atoms with Crippen molar-refractivity contribution in [3.63, 3.8) is 0 Å². The highest BCUT2D eigenvalue weighted by atomic mass is 19.4. The van der Waals surface area contributed by atoms with Crippen LogP contribution in [-0.2, 0) is 0 Å². The average molecular weight is 255 g/mol. The van der Waals surface area contributed by atoms with Crippen molar-refractivity contribution in [1.82, 2.24) is 0 Å². The fourth-order valence-electron chi connectivity index (χ4n) is 1.22. The summed E-state index contributed by atoms with van der Waals surface area (Å²) in [5.74, 6) is -2.60. The van der Waals surface area contributed by atoms with E-state index in [4.69, 9.17) is 5.73 Å². The second kappa shape index (κ2) is 4.87. The van der Waals surface area contributed by atoms with Crippen LogP contribution in [0.4, 0.5) is 22.0 Å². The second-order valence-corrected chi connectivity index (χ2v) is 3.54. The smallest absolute Gasteiger partial charge is 0.426 e. The van der Waals surface area contributed by atoms with Crippen LogP contribution in [0.25, 0.3) is 0 Å². The lowest BCUT2D eigenvalue weighted by Crippen LogP contribution is -2.47. The Morgan fingerprint density at radius 2 is 1.59 bits per heavy atom. The maximum absolute atomic E-state index is 12.7. The maximum Gasteiger partial charge on any atom is 0.426 e. The minimum absolute atomic E-state index is 0.529. The first-order valence-corrected chi connectivity index (χ1v) is 4.65. The largest absolute Gasteiger partial charge is 0.479 e. The van der Waals surface area contributed by atoms with Crippen LogP contribution >= 0.6 is 0 Å². The molecule has 0 saturated heterocycles. The third-order valence-electron chi connectivity index (χ3n) is 1.90. The molecule has 0 saturated carbocycles. The summed E-state index contributed by atoms with van der Waals surface area (Å²) in [6.07, 6.45) is -7.03. The summed E-state index contributed by atoms with van der Waals surface area (Å²) in [6, 6.07) is 0.483. The number of alkyl halides is 3. The van der Waals surface area contributed by atoms with Gasteiger partial charge in [-0.3, -0.25) is 0 Å². The zero-order chi connectivity index (χ0) is 13.2. The summed E-state index contributed by atoms with van der Waals surface area (Å²) >= 11 is 0. The first-order valence-electron chi connectivity index (χ1n) is 4.65. The molecule has 7 heteroatoms. The predicted molar refractivity (Wildman–Crippen MR) is 50.5 cm³/mol. The van der Waals surface area contributed by atoms with Gasteiger partial charge in [-0.15, -0.1) is 0 Å². The van der Waals surface area contributed by atoms with Gasteiger partial charge in [0.1, 0.15) is 17.4 Å². The Bertz CT molecular complexity index is 371. The molecule has 2 atom stereocenters. The van der Waals surface area contributed by atoms with Crippen LogP contribution in [0.1, 0.15) is 6.92 Å². The van der Waals surface area contributed by atoms with Crippen LogP contribution in [0.2, 0.25) is 0 Å². The highest BCUT2D eigenvalue weighted by molar-refractivity contribution is 5.24. The summed E-state index contributed by atoms with van der Waals surface area (Å²) in [5.41, 5.74) is 5.11. The average Bonchev–Trinajstić information content (AvgIpc) is 2.10. The van der Waals surface area contributed by atoms with E-state index in [2.05, 4.69) is 4.74 Å². The Hall–Kier alpha value is -1.37. The van der Waals surface area contributed by atoms with Crippen LogP contribution in [0.3, 0.4) is 0 Å². The van der Waals surface area contributed by atoms with Gasteiger partial charge in [0, 0.05) is 24.2 Å². The molecule has 96 valence electrons.